The summed E-state index contributed by atoms with van der Waals surface area (Å²) in [5, 5.41) is 3.84. The highest BCUT2D eigenvalue weighted by Crippen LogP contribution is 2.57. The Bertz CT molecular complexity index is 999. The van der Waals surface area contributed by atoms with Gasteiger partial charge in [-0.3, -0.25) is 4.79 Å². The Kier molecular flexibility index (Phi) is 5.56. The molecule has 4 rings (SSSR count). The summed E-state index contributed by atoms with van der Waals surface area (Å²) in [4.78, 5) is 20.5. The Morgan fingerprint density at radius 3 is 2.55 bits per heavy atom. The largest absolute Gasteiger partial charge is 0.474 e. The van der Waals surface area contributed by atoms with Gasteiger partial charge in [0.15, 0.2) is 9.84 Å². The average Bonchev–Trinajstić information content (AvgIpc) is 3.55. The fraction of sp³-hybridized carbons (Fsp3) is 0.667. The maximum atomic E-state index is 13.8. The second kappa shape index (κ2) is 7.79. The smallest absolute Gasteiger partial charge is 0.303 e. The van der Waals surface area contributed by atoms with Gasteiger partial charge >= 0.3 is 5.92 Å². The van der Waals surface area contributed by atoms with Crippen LogP contribution in [0.3, 0.4) is 0 Å². The van der Waals surface area contributed by atoms with E-state index in [9.17, 15) is 22.0 Å². The van der Waals surface area contributed by atoms with E-state index >= 15 is 0 Å². The molecule has 0 saturated heterocycles. The molecule has 10 heteroatoms. The normalized spacial score (nSPS) is 28.9. The van der Waals surface area contributed by atoms with Gasteiger partial charge in [-0.15, -0.1) is 0 Å². The first-order valence-corrected chi connectivity index (χ1v) is 12.5. The van der Waals surface area contributed by atoms with Crippen molar-refractivity contribution in [2.45, 2.75) is 57.6 Å². The van der Waals surface area contributed by atoms with Gasteiger partial charge < -0.3 is 10.1 Å². The molecule has 1 heterocycles. The van der Waals surface area contributed by atoms with Crippen molar-refractivity contribution < 1.29 is 28.2 Å². The predicted molar refractivity (Wildman–Crippen MR) is 111 cm³/mol. The number of alkyl halides is 2. The first-order chi connectivity index (χ1) is 14.4. The van der Waals surface area contributed by atoms with Crippen molar-refractivity contribution in [3.05, 3.63) is 29.1 Å². The van der Waals surface area contributed by atoms with Crippen LogP contribution in [0.1, 0.15) is 57.1 Å². The number of rotatable bonds is 8. The SMILES string of the molecule is CC1C2CC(Oc3nc(C(C)(F)F)ncc3C(=O)N[C@H](/C=C/S(C)(=O)=O)C3CC3)CC12.[HH]. The lowest BCUT2D eigenvalue weighted by Gasteiger charge is -2.20. The number of aromatic nitrogens is 2. The van der Waals surface area contributed by atoms with Crippen LogP contribution >= 0.6 is 0 Å². The molecule has 0 radical (unpaired) electrons. The number of nitrogens with zero attached hydrogens (tertiary/aromatic N) is 2. The van der Waals surface area contributed by atoms with E-state index in [1.165, 1.54) is 6.08 Å². The van der Waals surface area contributed by atoms with E-state index < -0.39 is 33.5 Å². The first-order valence-electron chi connectivity index (χ1n) is 10.5. The Labute approximate surface area is 182 Å². The Morgan fingerprint density at radius 1 is 1.35 bits per heavy atom. The highest BCUT2D eigenvalue weighted by Gasteiger charge is 2.54. The van der Waals surface area contributed by atoms with Gasteiger partial charge in [-0.2, -0.15) is 13.8 Å². The number of halogens is 2. The molecule has 1 N–H and O–H groups in total. The number of amides is 1. The van der Waals surface area contributed by atoms with E-state index in [-0.39, 0.29) is 24.9 Å². The number of hydrogen-bond donors (Lipinski definition) is 1. The average molecular weight is 458 g/mol. The summed E-state index contributed by atoms with van der Waals surface area (Å²) in [6, 6.07) is -0.484. The second-order valence-electron chi connectivity index (χ2n) is 9.19. The van der Waals surface area contributed by atoms with Gasteiger partial charge in [0.05, 0.1) is 6.04 Å². The van der Waals surface area contributed by atoms with Crippen molar-refractivity contribution >= 4 is 15.7 Å². The van der Waals surface area contributed by atoms with Gasteiger partial charge in [0, 0.05) is 26.2 Å². The van der Waals surface area contributed by atoms with Gasteiger partial charge in [-0.25, -0.2) is 13.4 Å². The Hall–Kier alpha value is -2.10. The number of hydrogen-bond acceptors (Lipinski definition) is 6. The molecule has 0 aromatic carbocycles. The zero-order valence-corrected chi connectivity index (χ0v) is 18.5. The van der Waals surface area contributed by atoms with Crippen molar-refractivity contribution in [3.8, 4) is 5.88 Å². The minimum atomic E-state index is -3.34. The number of sulfone groups is 1. The topological polar surface area (TPSA) is 98.2 Å². The molecule has 3 saturated carbocycles. The number of ether oxygens (including phenoxy) is 1. The molecule has 1 aromatic rings. The zero-order chi connectivity index (χ0) is 22.6. The highest BCUT2D eigenvalue weighted by molar-refractivity contribution is 7.93. The van der Waals surface area contributed by atoms with Gasteiger partial charge in [-0.05, 0) is 49.4 Å². The van der Waals surface area contributed by atoms with E-state index in [1.54, 1.807) is 0 Å². The molecule has 31 heavy (non-hydrogen) atoms. The van der Waals surface area contributed by atoms with E-state index in [2.05, 4.69) is 22.2 Å². The quantitative estimate of drug-likeness (QED) is 0.643. The van der Waals surface area contributed by atoms with Crippen molar-refractivity contribution in [3.63, 3.8) is 0 Å². The summed E-state index contributed by atoms with van der Waals surface area (Å²) < 4.78 is 56.4. The third-order valence-electron chi connectivity index (χ3n) is 6.46. The second-order valence-corrected chi connectivity index (χ2v) is 11.1. The summed E-state index contributed by atoms with van der Waals surface area (Å²) in [6.45, 7) is 2.88. The molecule has 1 aromatic heterocycles. The lowest BCUT2D eigenvalue weighted by molar-refractivity contribution is 0.00641. The molecular formula is C21H29F2N3O4S. The predicted octanol–water partition coefficient (Wildman–Crippen LogP) is 3.32. The molecule has 2 unspecified atom stereocenters. The van der Waals surface area contributed by atoms with Gasteiger partial charge in [0.2, 0.25) is 11.7 Å². The van der Waals surface area contributed by atoms with Crippen LogP contribution in [0, 0.1) is 23.7 Å². The van der Waals surface area contributed by atoms with Gasteiger partial charge in [0.25, 0.3) is 5.91 Å². The lowest BCUT2D eigenvalue weighted by Crippen LogP contribution is -2.36. The number of carbonyl (C=O) groups excluding carboxylic acids is 1. The minimum absolute atomic E-state index is 0. The van der Waals surface area contributed by atoms with Crippen LogP contribution in [-0.4, -0.2) is 42.7 Å². The maximum absolute atomic E-state index is 13.8. The van der Waals surface area contributed by atoms with Crippen LogP contribution in [0.4, 0.5) is 8.78 Å². The van der Waals surface area contributed by atoms with Crippen LogP contribution < -0.4 is 10.1 Å². The van der Waals surface area contributed by atoms with Crippen LogP contribution in [0.2, 0.25) is 0 Å². The molecule has 7 nitrogen and oxygen atoms in total. The van der Waals surface area contributed by atoms with E-state index in [0.29, 0.717) is 24.7 Å². The van der Waals surface area contributed by atoms with E-state index in [4.69, 9.17) is 4.74 Å². The van der Waals surface area contributed by atoms with Crippen molar-refractivity contribution in [1.29, 1.82) is 0 Å². The molecule has 0 spiro atoms. The standard InChI is InChI=1S/C21H27F2N3O4S.H2/c1-11-14-8-13(9-15(11)14)30-19-16(10-24-20(26-19)21(2,22)23)18(27)25-17(12-4-5-12)6-7-31(3,28)29;/h6-7,10-15,17H,4-5,8-9H2,1-3H3,(H,25,27);1H/b7-6+;/t11?,13?,14?,15?,17-;/m1./s1. The highest BCUT2D eigenvalue weighted by atomic mass is 32.2. The van der Waals surface area contributed by atoms with Crippen molar-refractivity contribution in [2.24, 2.45) is 23.7 Å². The summed E-state index contributed by atoms with van der Waals surface area (Å²) in [7, 11) is -3.34. The molecule has 3 aliphatic rings. The molecule has 3 aliphatic carbocycles. The van der Waals surface area contributed by atoms with Gasteiger partial charge in [-0.1, -0.05) is 13.0 Å². The van der Waals surface area contributed by atoms with E-state index in [1.807, 2.05) is 0 Å². The number of carbonyl (C=O) groups is 1. The van der Waals surface area contributed by atoms with Crippen LogP contribution in [-0.2, 0) is 15.8 Å². The molecule has 0 bridgehead atoms. The molecule has 0 aliphatic heterocycles. The van der Waals surface area contributed by atoms with Gasteiger partial charge in [0.1, 0.15) is 11.7 Å². The summed E-state index contributed by atoms with van der Waals surface area (Å²) in [5.41, 5.74) is -0.0278. The monoisotopic (exact) mass is 457 g/mol. The minimum Gasteiger partial charge on any atom is -0.474 e. The summed E-state index contributed by atoms with van der Waals surface area (Å²) >= 11 is 0. The molecule has 172 valence electrons. The lowest BCUT2D eigenvalue weighted by atomic mass is 10.1. The summed E-state index contributed by atoms with van der Waals surface area (Å²) in [5.74, 6) is -2.75. The zero-order valence-electron chi connectivity index (χ0n) is 17.7. The Balaban J connectivity index is 0.00000289. The Morgan fingerprint density at radius 2 is 2.00 bits per heavy atom. The summed E-state index contributed by atoms with van der Waals surface area (Å²) in [6.07, 6.45) is 6.78. The fourth-order valence-corrected chi connectivity index (χ4v) is 4.89. The van der Waals surface area contributed by atoms with Crippen LogP contribution in [0.15, 0.2) is 17.7 Å². The van der Waals surface area contributed by atoms with Crippen molar-refractivity contribution in [1.82, 2.24) is 15.3 Å². The molecule has 1 amide bonds. The third kappa shape index (κ3) is 5.22. The number of nitrogens with one attached hydrogen (secondary N) is 1. The van der Waals surface area contributed by atoms with Crippen LogP contribution in [0.5, 0.6) is 5.88 Å². The fourth-order valence-electron chi connectivity index (χ4n) is 4.43. The van der Waals surface area contributed by atoms with E-state index in [0.717, 1.165) is 43.5 Å². The third-order valence-corrected chi connectivity index (χ3v) is 7.11. The molecule has 3 atom stereocenters. The number of fused-ring (bicyclic) bond motifs is 1. The van der Waals surface area contributed by atoms with Crippen LogP contribution in [0.25, 0.3) is 0 Å². The van der Waals surface area contributed by atoms with Crippen molar-refractivity contribution in [2.75, 3.05) is 6.26 Å². The molecular weight excluding hydrogens is 428 g/mol. The maximum Gasteiger partial charge on any atom is 0.303 e. The molecule has 3 fully saturated rings. The first kappa shape index (κ1) is 22.1.